The van der Waals surface area contributed by atoms with Gasteiger partial charge in [0.15, 0.2) is 0 Å². The molecule has 31 heteroatoms. The number of aliphatic hydroxyl groups excluding tert-OH is 1. The van der Waals surface area contributed by atoms with E-state index in [9.17, 15) is 50.5 Å². The normalized spacial score (nSPS) is 16.7. The topological polar surface area (TPSA) is 335 Å². The molecule has 2 atom stereocenters. The average molecular weight is 1510 g/mol. The second-order valence-electron chi connectivity index (χ2n) is 26.6. The Balaban J connectivity index is 0.000000317. The lowest BCUT2D eigenvalue weighted by atomic mass is 9.86. The highest BCUT2D eigenvalue weighted by molar-refractivity contribution is 7.90. The summed E-state index contributed by atoms with van der Waals surface area (Å²) in [4.78, 5) is 70.1. The molecule has 550 valence electrons. The fourth-order valence-corrected chi connectivity index (χ4v) is 16.5. The number of thiazole rings is 2. The molecule has 2 aromatic heterocycles. The van der Waals surface area contributed by atoms with Crippen molar-refractivity contribution in [2.75, 3.05) is 10.6 Å². The summed E-state index contributed by atoms with van der Waals surface area (Å²) in [6, 6.07) is 29.8. The zero-order chi connectivity index (χ0) is 72.6. The average Bonchev–Trinajstić information content (AvgIpc) is 1.78. The van der Waals surface area contributed by atoms with E-state index in [0.717, 1.165) is 66.9 Å². The van der Waals surface area contributed by atoms with E-state index in [1.165, 1.54) is 71.2 Å². The van der Waals surface area contributed by atoms with Gasteiger partial charge >= 0.3 is 24.4 Å². The minimum absolute atomic E-state index is 0. The Hall–Kier alpha value is -7.75. The first-order chi connectivity index (χ1) is 46.5. The Kier molecular flexibility index (Phi) is 31.1. The first-order valence-electron chi connectivity index (χ1n) is 32.4. The van der Waals surface area contributed by atoms with Crippen LogP contribution in [0.15, 0.2) is 137 Å². The minimum Gasteiger partial charge on any atom is -0.447 e. The zero-order valence-electron chi connectivity index (χ0n) is 58.4. The Morgan fingerprint density at radius 2 is 0.990 bits per heavy atom. The Bertz CT molecular complexity index is 4130. The van der Waals surface area contributed by atoms with Gasteiger partial charge in [-0.25, -0.2) is 59.8 Å². The number of benzene rings is 5. The van der Waals surface area contributed by atoms with Gasteiger partial charge in [0.1, 0.15) is 17.7 Å². The molecule has 2 aliphatic rings. The number of amides is 4. The van der Waals surface area contributed by atoms with Gasteiger partial charge in [-0.3, -0.25) is 20.7 Å². The summed E-state index contributed by atoms with van der Waals surface area (Å²) in [6.07, 6.45) is 5.58. The summed E-state index contributed by atoms with van der Waals surface area (Å²) < 4.78 is 94.9. The number of nitro groups is 1. The third-order valence-corrected chi connectivity index (χ3v) is 21.1. The number of anilines is 2. The fraction of sp³-hybridized carbons (Fsp3) is 0.429. The number of alkyl carbamates (subject to hydrolysis) is 2. The molecule has 7 aromatic rings. The highest BCUT2D eigenvalue weighted by Crippen LogP contribution is 2.42. The SMILES string of the molecule is CC(C)OC(=O)NC1CCC(c2ncc(-c3ccc(NC(=O)O[C@@H](C)c4ccccc4F)cc3S(=O)(=O)NC(C)(C)C)s2)CC1.CC(C)OC(=O)NC1CCC(c2ncc(-c3ccc(NC(=O)Oc4ccc([N+](=O)[O-])cc4)cc3S(=O)(=O)NC(C)(C)C)s2)CC1.C[C@H](O)c1ccccc1.S.S. The van der Waals surface area contributed by atoms with Gasteiger partial charge in [0.25, 0.3) is 5.69 Å². The van der Waals surface area contributed by atoms with E-state index in [-0.39, 0.29) is 107 Å². The molecule has 9 rings (SSSR count). The Labute approximate surface area is 612 Å². The molecule has 0 saturated heterocycles. The summed E-state index contributed by atoms with van der Waals surface area (Å²) in [7, 11) is -8.08. The number of aliphatic hydroxyl groups is 1. The first-order valence-corrected chi connectivity index (χ1v) is 37.0. The lowest BCUT2D eigenvalue weighted by molar-refractivity contribution is -0.384. The third-order valence-electron chi connectivity index (χ3n) is 15.1. The summed E-state index contributed by atoms with van der Waals surface area (Å²) in [5.74, 6) is -0.0631. The third kappa shape index (κ3) is 26.2. The van der Waals surface area contributed by atoms with Gasteiger partial charge < -0.3 is 34.7 Å². The predicted octanol–water partition coefficient (Wildman–Crippen LogP) is 16.0. The van der Waals surface area contributed by atoms with Crippen LogP contribution in [-0.2, 0) is 34.3 Å². The van der Waals surface area contributed by atoms with E-state index in [1.807, 2.05) is 30.3 Å². The van der Waals surface area contributed by atoms with Crippen molar-refractivity contribution in [1.29, 1.82) is 0 Å². The van der Waals surface area contributed by atoms with Crippen LogP contribution in [0.4, 0.5) is 40.6 Å². The summed E-state index contributed by atoms with van der Waals surface area (Å²) in [6.45, 7) is 20.9. The molecule has 2 fully saturated rings. The smallest absolute Gasteiger partial charge is 0.417 e. The second kappa shape index (κ2) is 37.4. The van der Waals surface area contributed by atoms with Crippen LogP contribution < -0.4 is 35.4 Å². The van der Waals surface area contributed by atoms with Gasteiger partial charge in [-0.15, -0.1) is 22.7 Å². The van der Waals surface area contributed by atoms with Gasteiger partial charge in [0, 0.05) is 87.6 Å². The number of carbonyl (C=O) groups excluding carboxylic acids is 4. The Morgan fingerprint density at radius 1 is 0.574 bits per heavy atom. The lowest BCUT2D eigenvalue weighted by Gasteiger charge is -2.28. The number of non-ortho nitro benzene ring substituents is 1. The second-order valence-corrected chi connectivity index (χ2v) is 32.0. The molecular weight excluding hydrogens is 1420 g/mol. The molecule has 0 bridgehead atoms. The van der Waals surface area contributed by atoms with Gasteiger partial charge in [-0.1, -0.05) is 60.7 Å². The lowest BCUT2D eigenvalue weighted by Crippen LogP contribution is -2.40. The van der Waals surface area contributed by atoms with Crippen molar-refractivity contribution in [3.63, 3.8) is 0 Å². The van der Waals surface area contributed by atoms with Crippen LogP contribution in [0.5, 0.6) is 5.75 Å². The standard InChI is InChI=1S/C32H41FN4O6S2.C30H37N5O8S2.C8H10O.2H2S/c1-19(2)42-30(38)35-22-13-11-21(12-14-22)29-34-18-27(44-29)25-16-15-23(17-28(25)45(40,41)37-32(4,5)6)36-31(39)43-20(3)24-9-7-8-10-26(24)33;1-18(2)42-28(36)32-20-8-6-19(7-9-20)27-31-17-25(44-27)24-15-10-21(16-26(24)45(40,41)34-30(3,4)5)33-29(37)43-23-13-11-22(12-14-23)35(38)39;1-7(9)8-5-3-2-4-6-8;;/h7-10,15-22,37H,11-14H2,1-6H3,(H,35,38)(H,36,39);10-20,34H,6-9H2,1-5H3,(H,32,36)(H,33,37);2-7,9H,1H3;2*1H2/t20-,21?,22?;;7-;;/m0.0../s1. The largest absolute Gasteiger partial charge is 0.447 e. The first kappa shape index (κ1) is 83.9. The van der Waals surface area contributed by atoms with Gasteiger partial charge in [-0.2, -0.15) is 27.0 Å². The van der Waals surface area contributed by atoms with Crippen molar-refractivity contribution in [2.45, 2.75) is 204 Å². The van der Waals surface area contributed by atoms with Gasteiger partial charge in [0.2, 0.25) is 20.0 Å². The van der Waals surface area contributed by atoms with E-state index in [2.05, 4.69) is 40.7 Å². The maximum absolute atomic E-state index is 14.2. The molecule has 2 heterocycles. The highest BCUT2D eigenvalue weighted by Gasteiger charge is 2.32. The number of carbonyl (C=O) groups is 4. The molecule has 101 heavy (non-hydrogen) atoms. The number of hydrogen-bond acceptors (Lipinski definition) is 19. The molecule has 7 N–H and O–H groups in total. The Morgan fingerprint density at radius 3 is 1.38 bits per heavy atom. The molecule has 24 nitrogen and oxygen atoms in total. The van der Waals surface area contributed by atoms with Crippen LogP contribution in [0.25, 0.3) is 20.9 Å². The maximum atomic E-state index is 14.2. The van der Waals surface area contributed by atoms with Crippen LogP contribution >= 0.6 is 49.7 Å². The molecule has 0 aliphatic heterocycles. The van der Waals surface area contributed by atoms with E-state index in [0.29, 0.717) is 20.9 Å². The van der Waals surface area contributed by atoms with Crippen molar-refractivity contribution < 1.29 is 69.4 Å². The van der Waals surface area contributed by atoms with E-state index in [4.69, 9.17) is 24.1 Å². The van der Waals surface area contributed by atoms with Gasteiger partial charge in [-0.05, 0) is 182 Å². The number of nitro benzene ring substituents is 1. The molecule has 2 saturated carbocycles. The molecule has 4 amide bonds. The predicted molar refractivity (Wildman–Crippen MR) is 400 cm³/mol. The van der Waals surface area contributed by atoms with Crippen molar-refractivity contribution >= 4 is 111 Å². The number of halogens is 1. The molecular formula is C70H92FN9O15S6. The molecule has 0 spiro atoms. The molecule has 5 aromatic carbocycles. The number of nitrogens with zero attached hydrogens (tertiary/aromatic N) is 3. The van der Waals surface area contributed by atoms with Crippen molar-refractivity contribution in [3.8, 4) is 26.6 Å². The molecule has 0 radical (unpaired) electrons. The van der Waals surface area contributed by atoms with E-state index < -0.39 is 72.3 Å². The summed E-state index contributed by atoms with van der Waals surface area (Å²) in [5.41, 5.74) is 0.744. The number of sulfonamides is 2. The molecule has 2 aliphatic carbocycles. The van der Waals surface area contributed by atoms with Crippen LogP contribution in [0.1, 0.15) is 180 Å². The zero-order valence-corrected chi connectivity index (χ0v) is 63.7. The van der Waals surface area contributed by atoms with Crippen molar-refractivity contribution in [1.82, 2.24) is 30.0 Å². The number of hydrogen-bond donors (Lipinski definition) is 7. The van der Waals surface area contributed by atoms with E-state index >= 15 is 0 Å². The van der Waals surface area contributed by atoms with Crippen LogP contribution in [0.2, 0.25) is 0 Å². The number of nitrogens with one attached hydrogen (secondary N) is 6. The van der Waals surface area contributed by atoms with Gasteiger partial charge in [0.05, 0.1) is 52.8 Å². The fourth-order valence-electron chi connectivity index (χ4n) is 10.8. The number of aromatic nitrogens is 2. The minimum atomic E-state index is -4.05. The molecule has 0 unspecified atom stereocenters. The van der Waals surface area contributed by atoms with Crippen molar-refractivity contribution in [3.05, 3.63) is 165 Å². The maximum Gasteiger partial charge on any atom is 0.417 e. The monoisotopic (exact) mass is 1510 g/mol. The van der Waals surface area contributed by atoms with Crippen LogP contribution in [0.3, 0.4) is 0 Å². The number of rotatable bonds is 19. The van der Waals surface area contributed by atoms with Crippen molar-refractivity contribution in [2.24, 2.45) is 0 Å². The summed E-state index contributed by atoms with van der Waals surface area (Å²) >= 11 is 2.84. The quantitative estimate of drug-likeness (QED) is 0.0225. The van der Waals surface area contributed by atoms with Crippen LogP contribution in [0, 0.1) is 15.9 Å². The van der Waals surface area contributed by atoms with E-state index in [1.54, 1.807) is 132 Å². The number of ether oxygens (including phenoxy) is 4. The highest BCUT2D eigenvalue weighted by atomic mass is 32.2. The summed E-state index contributed by atoms with van der Waals surface area (Å²) in [5, 5.41) is 32.6. The van der Waals surface area contributed by atoms with Crippen LogP contribution in [-0.4, -0.2) is 96.6 Å².